The van der Waals surface area contributed by atoms with Crippen LogP contribution in [-0.2, 0) is 11.2 Å². The first kappa shape index (κ1) is 28.7. The van der Waals surface area contributed by atoms with E-state index in [1.165, 1.54) is 0 Å². The highest BCUT2D eigenvalue weighted by atomic mass is 16.2. The zero-order valence-electron chi connectivity index (χ0n) is 24.5. The molecule has 0 aliphatic carbocycles. The third kappa shape index (κ3) is 6.25. The highest BCUT2D eigenvalue weighted by Crippen LogP contribution is 2.35. The second-order valence-electron chi connectivity index (χ2n) is 10.9. The van der Waals surface area contributed by atoms with Crippen LogP contribution in [0.15, 0.2) is 66.7 Å². The maximum Gasteiger partial charge on any atom is 0.256 e. The second kappa shape index (κ2) is 12.4. The van der Waals surface area contributed by atoms with Gasteiger partial charge in [-0.15, -0.1) is 0 Å². The molecule has 0 saturated heterocycles. The van der Waals surface area contributed by atoms with Crippen molar-refractivity contribution in [2.75, 3.05) is 5.32 Å². The number of Topliss-reactive ketones (excluding diaryl/α,β-unsaturated/α-hetero) is 1. The summed E-state index contributed by atoms with van der Waals surface area (Å²) in [6, 6.07) is 20.8. The molecule has 4 aromatic rings. The van der Waals surface area contributed by atoms with Crippen LogP contribution in [0.3, 0.4) is 0 Å². The Labute approximate surface area is 246 Å². The van der Waals surface area contributed by atoms with E-state index in [1.54, 1.807) is 24.3 Å². The first-order valence-corrected chi connectivity index (χ1v) is 14.4. The van der Waals surface area contributed by atoms with Crippen molar-refractivity contribution in [1.82, 2.24) is 15.3 Å². The third-order valence-electron chi connectivity index (χ3n) is 7.79. The fourth-order valence-corrected chi connectivity index (χ4v) is 5.51. The predicted molar refractivity (Wildman–Crippen MR) is 166 cm³/mol. The van der Waals surface area contributed by atoms with Crippen LogP contribution in [-0.4, -0.2) is 27.6 Å². The van der Waals surface area contributed by atoms with E-state index >= 15 is 0 Å². The van der Waals surface area contributed by atoms with E-state index in [2.05, 4.69) is 20.6 Å². The molecule has 1 aliphatic rings. The average Bonchev–Trinajstić information content (AvgIpc) is 3.44. The number of fused-ring (bicyclic) bond motifs is 1. The molecule has 7 nitrogen and oxygen atoms in total. The van der Waals surface area contributed by atoms with Crippen LogP contribution in [0.5, 0.6) is 0 Å². The van der Waals surface area contributed by atoms with E-state index in [1.807, 2.05) is 76.2 Å². The lowest BCUT2D eigenvalue weighted by molar-refractivity contribution is -0.110. The first-order valence-electron chi connectivity index (χ1n) is 14.4. The van der Waals surface area contributed by atoms with E-state index in [-0.39, 0.29) is 23.6 Å². The van der Waals surface area contributed by atoms with Crippen LogP contribution in [0.4, 0.5) is 5.69 Å². The normalized spacial score (nSPS) is 14.0. The summed E-state index contributed by atoms with van der Waals surface area (Å²) < 4.78 is 0. The number of ketones is 1. The van der Waals surface area contributed by atoms with Gasteiger partial charge in [0, 0.05) is 51.6 Å². The van der Waals surface area contributed by atoms with E-state index in [4.69, 9.17) is 0 Å². The Morgan fingerprint density at radius 3 is 2.52 bits per heavy atom. The number of aromatic amines is 1. The van der Waals surface area contributed by atoms with Gasteiger partial charge in [0.2, 0.25) is 0 Å². The van der Waals surface area contributed by atoms with Gasteiger partial charge in [-0.3, -0.25) is 19.4 Å². The molecule has 42 heavy (non-hydrogen) atoms. The van der Waals surface area contributed by atoms with Crippen molar-refractivity contribution in [3.63, 3.8) is 0 Å². The Morgan fingerprint density at radius 2 is 1.76 bits per heavy atom. The lowest BCUT2D eigenvalue weighted by Crippen LogP contribution is -2.26. The number of nitrogens with zero attached hydrogens (tertiary/aromatic N) is 1. The van der Waals surface area contributed by atoms with Gasteiger partial charge < -0.3 is 15.6 Å². The van der Waals surface area contributed by atoms with Crippen molar-refractivity contribution in [2.24, 2.45) is 0 Å². The molecule has 2 aromatic heterocycles. The first-order chi connectivity index (χ1) is 20.2. The number of carbonyl (C=O) groups is 3. The molecule has 3 heterocycles. The van der Waals surface area contributed by atoms with Crippen LogP contribution in [0.1, 0.15) is 92.4 Å². The molecule has 2 amide bonds. The molecule has 1 atom stereocenters. The molecule has 2 aromatic carbocycles. The number of unbranched alkanes of at least 4 members (excludes halogenated alkanes) is 1. The standard InChI is InChI=1S/C35H36N4O3/c1-21-11-10-15-27(36-21)14-8-9-16-32(40)33-22(2)31(37-24(33)4)20-29-28-19-26(17-18-30(28)39-35(29)42)34(41)38-23(3)25-12-6-5-7-13-25/h5-7,10-13,15,17-20,23,37H,8-9,14,16H2,1-4H3,(H,38,41)(H,39,42)/b29-20-/t23-/m1/s1. The minimum absolute atomic E-state index is 0.0888. The number of benzene rings is 2. The number of hydrogen-bond acceptors (Lipinski definition) is 4. The van der Waals surface area contributed by atoms with Gasteiger partial charge in [0.25, 0.3) is 11.8 Å². The lowest BCUT2D eigenvalue weighted by atomic mass is 9.98. The molecule has 0 bridgehead atoms. The number of nitrogens with one attached hydrogen (secondary N) is 3. The predicted octanol–water partition coefficient (Wildman–Crippen LogP) is 6.91. The molecule has 0 unspecified atom stereocenters. The average molecular weight is 561 g/mol. The Kier molecular flexibility index (Phi) is 8.48. The second-order valence-corrected chi connectivity index (χ2v) is 10.9. The summed E-state index contributed by atoms with van der Waals surface area (Å²) in [5.41, 5.74) is 8.27. The van der Waals surface area contributed by atoms with Crippen LogP contribution >= 0.6 is 0 Å². The number of aryl methyl sites for hydroxylation is 3. The van der Waals surface area contributed by atoms with E-state index in [0.717, 1.165) is 47.5 Å². The van der Waals surface area contributed by atoms with Gasteiger partial charge in [0.05, 0.1) is 11.6 Å². The highest BCUT2D eigenvalue weighted by molar-refractivity contribution is 6.35. The Morgan fingerprint density at radius 1 is 0.976 bits per heavy atom. The van der Waals surface area contributed by atoms with Crippen LogP contribution < -0.4 is 10.6 Å². The number of carbonyl (C=O) groups excluding carboxylic acids is 3. The van der Waals surface area contributed by atoms with Gasteiger partial charge in [-0.2, -0.15) is 0 Å². The van der Waals surface area contributed by atoms with Crippen LogP contribution in [0, 0.1) is 20.8 Å². The maximum atomic E-state index is 13.2. The third-order valence-corrected chi connectivity index (χ3v) is 7.79. The van der Waals surface area contributed by atoms with Gasteiger partial charge >= 0.3 is 0 Å². The van der Waals surface area contributed by atoms with Crippen molar-refractivity contribution in [3.8, 4) is 0 Å². The summed E-state index contributed by atoms with van der Waals surface area (Å²) in [7, 11) is 0. The number of pyridine rings is 1. The summed E-state index contributed by atoms with van der Waals surface area (Å²) in [4.78, 5) is 47.1. The van der Waals surface area contributed by atoms with Crippen molar-refractivity contribution in [2.45, 2.75) is 59.4 Å². The molecule has 214 valence electrons. The summed E-state index contributed by atoms with van der Waals surface area (Å²) in [6.07, 6.45) is 4.73. The summed E-state index contributed by atoms with van der Waals surface area (Å²) in [5, 5.41) is 5.92. The number of H-pyrrole nitrogens is 1. The van der Waals surface area contributed by atoms with Crippen molar-refractivity contribution in [3.05, 3.63) is 117 Å². The van der Waals surface area contributed by atoms with Gasteiger partial charge in [-0.25, -0.2) is 0 Å². The molecule has 1 aliphatic heterocycles. The Hall–Kier alpha value is -4.78. The number of rotatable bonds is 10. The van der Waals surface area contributed by atoms with Crippen LogP contribution in [0.2, 0.25) is 0 Å². The van der Waals surface area contributed by atoms with Gasteiger partial charge in [-0.05, 0) is 94.5 Å². The van der Waals surface area contributed by atoms with Gasteiger partial charge in [0.1, 0.15) is 0 Å². The molecular formula is C35H36N4O3. The minimum atomic E-state index is -0.246. The van der Waals surface area contributed by atoms with Gasteiger partial charge in [0.15, 0.2) is 5.78 Å². The molecule has 0 spiro atoms. The fraction of sp³-hybridized carbons (Fsp3) is 0.257. The summed E-state index contributed by atoms with van der Waals surface area (Å²) in [6.45, 7) is 7.71. The van der Waals surface area contributed by atoms with Crippen molar-refractivity contribution in [1.29, 1.82) is 0 Å². The SMILES string of the molecule is Cc1cccc(CCCCC(=O)c2c(C)[nH]c(/C=C3\C(=O)Nc4ccc(C(=O)N[C@H](C)c5ccccc5)cc43)c2C)n1. The number of hydrogen-bond donors (Lipinski definition) is 3. The molecule has 0 radical (unpaired) electrons. The Balaban J connectivity index is 1.30. The maximum absolute atomic E-state index is 13.2. The molecule has 0 saturated carbocycles. The zero-order valence-corrected chi connectivity index (χ0v) is 24.5. The van der Waals surface area contributed by atoms with Gasteiger partial charge in [-0.1, -0.05) is 36.4 Å². The molecular weight excluding hydrogens is 524 g/mol. The fourth-order valence-electron chi connectivity index (χ4n) is 5.51. The number of anilines is 1. The van der Waals surface area contributed by atoms with E-state index < -0.39 is 0 Å². The van der Waals surface area contributed by atoms with E-state index in [0.29, 0.717) is 40.1 Å². The number of amides is 2. The smallest absolute Gasteiger partial charge is 0.256 e. The topological polar surface area (TPSA) is 104 Å². The summed E-state index contributed by atoms with van der Waals surface area (Å²) >= 11 is 0. The Bertz CT molecular complexity index is 1680. The van der Waals surface area contributed by atoms with Crippen molar-refractivity contribution >= 4 is 34.9 Å². The molecule has 7 heteroatoms. The zero-order chi connectivity index (χ0) is 29.8. The molecule has 5 rings (SSSR count). The lowest BCUT2D eigenvalue weighted by Gasteiger charge is -2.14. The molecule has 3 N–H and O–H groups in total. The highest BCUT2D eigenvalue weighted by Gasteiger charge is 2.27. The number of aromatic nitrogens is 2. The monoisotopic (exact) mass is 560 g/mol. The largest absolute Gasteiger partial charge is 0.358 e. The van der Waals surface area contributed by atoms with Crippen molar-refractivity contribution < 1.29 is 14.4 Å². The quantitative estimate of drug-likeness (QED) is 0.111. The minimum Gasteiger partial charge on any atom is -0.358 e. The molecule has 0 fully saturated rings. The van der Waals surface area contributed by atoms with E-state index in [9.17, 15) is 14.4 Å². The summed E-state index contributed by atoms with van der Waals surface area (Å²) in [5.74, 6) is -0.374. The van der Waals surface area contributed by atoms with Crippen LogP contribution in [0.25, 0.3) is 11.6 Å².